The van der Waals surface area contributed by atoms with E-state index in [9.17, 15) is 9.18 Å². The summed E-state index contributed by atoms with van der Waals surface area (Å²) in [5.74, 6) is 0.675. The predicted octanol–water partition coefficient (Wildman–Crippen LogP) is 4.49. The van der Waals surface area contributed by atoms with E-state index in [0.717, 1.165) is 16.9 Å². The largest absolute Gasteiger partial charge is 0.493 e. The van der Waals surface area contributed by atoms with Crippen LogP contribution in [0.5, 0.6) is 11.5 Å². The molecule has 7 heteroatoms. The van der Waals surface area contributed by atoms with Gasteiger partial charge in [-0.1, -0.05) is 18.2 Å². The Kier molecular flexibility index (Phi) is 6.01. The van der Waals surface area contributed by atoms with Crippen molar-refractivity contribution in [2.75, 3.05) is 32.6 Å². The highest BCUT2D eigenvalue weighted by atomic mass is 32.1. The molecular formula is C23H23FN2O3S. The molecular weight excluding hydrogens is 403 g/mol. The van der Waals surface area contributed by atoms with Crippen molar-refractivity contribution in [3.8, 4) is 11.5 Å². The molecule has 1 aromatic heterocycles. The van der Waals surface area contributed by atoms with Gasteiger partial charge < -0.3 is 14.8 Å². The number of hydrogen-bond acceptors (Lipinski definition) is 5. The second-order valence-electron chi connectivity index (χ2n) is 7.07. The van der Waals surface area contributed by atoms with Crippen LogP contribution in [-0.4, -0.2) is 38.1 Å². The standard InChI is InChI=1S/C23H23FN2O3S/c1-28-19-12-15-9-10-26(14-22(27)25-18-7-4-3-6-17(18)24)23(21-8-5-11-30-21)16(15)13-20(19)29-2/h3-8,11-13,23H,9-10,14H2,1-2H3,(H,25,27)/t23-/m1/s1. The fourth-order valence-corrected chi connectivity index (χ4v) is 4.76. The van der Waals surface area contributed by atoms with Gasteiger partial charge in [0, 0.05) is 11.4 Å². The van der Waals surface area contributed by atoms with E-state index >= 15 is 0 Å². The molecule has 1 atom stereocenters. The predicted molar refractivity (Wildman–Crippen MR) is 116 cm³/mol. The summed E-state index contributed by atoms with van der Waals surface area (Å²) in [7, 11) is 3.25. The summed E-state index contributed by atoms with van der Waals surface area (Å²) in [6.45, 7) is 0.862. The molecule has 2 heterocycles. The lowest BCUT2D eigenvalue weighted by Crippen LogP contribution is -2.41. The molecule has 1 amide bonds. The zero-order valence-electron chi connectivity index (χ0n) is 16.9. The Hall–Kier alpha value is -2.90. The van der Waals surface area contributed by atoms with Crippen molar-refractivity contribution in [1.82, 2.24) is 4.90 Å². The van der Waals surface area contributed by atoms with Crippen molar-refractivity contribution < 1.29 is 18.7 Å². The molecule has 1 aliphatic rings. The van der Waals surface area contributed by atoms with E-state index < -0.39 is 5.82 Å². The maximum Gasteiger partial charge on any atom is 0.238 e. The van der Waals surface area contributed by atoms with Crippen LogP contribution in [0.1, 0.15) is 22.0 Å². The van der Waals surface area contributed by atoms with Gasteiger partial charge in [0.2, 0.25) is 5.91 Å². The number of para-hydroxylation sites is 1. The lowest BCUT2D eigenvalue weighted by Gasteiger charge is -2.37. The minimum absolute atomic E-state index is 0.0834. The van der Waals surface area contributed by atoms with Crippen molar-refractivity contribution >= 4 is 22.9 Å². The Labute approximate surface area is 179 Å². The van der Waals surface area contributed by atoms with E-state index in [0.29, 0.717) is 18.0 Å². The minimum Gasteiger partial charge on any atom is -0.493 e. The molecule has 3 aromatic rings. The van der Waals surface area contributed by atoms with E-state index in [1.54, 1.807) is 43.8 Å². The number of fused-ring (bicyclic) bond motifs is 1. The van der Waals surface area contributed by atoms with Crippen LogP contribution in [0.15, 0.2) is 53.9 Å². The van der Waals surface area contributed by atoms with E-state index in [1.165, 1.54) is 11.6 Å². The fraction of sp³-hybridized carbons (Fsp3) is 0.261. The number of carbonyl (C=O) groups is 1. The number of nitrogens with zero attached hydrogens (tertiary/aromatic N) is 1. The first-order valence-corrected chi connectivity index (χ1v) is 10.5. The third-order valence-electron chi connectivity index (χ3n) is 5.28. The van der Waals surface area contributed by atoms with Gasteiger partial charge in [-0.3, -0.25) is 9.69 Å². The van der Waals surface area contributed by atoms with Crippen molar-refractivity contribution in [2.45, 2.75) is 12.5 Å². The van der Waals surface area contributed by atoms with Crippen molar-refractivity contribution in [3.05, 3.63) is 75.7 Å². The summed E-state index contributed by atoms with van der Waals surface area (Å²) in [5.41, 5.74) is 2.47. The number of rotatable bonds is 6. The summed E-state index contributed by atoms with van der Waals surface area (Å²) in [5, 5.41) is 4.72. The molecule has 0 radical (unpaired) electrons. The number of methoxy groups -OCH3 is 2. The SMILES string of the molecule is COc1cc2c(cc1OC)[C@H](c1cccs1)N(CC(=O)Nc1ccccc1F)CC2. The molecule has 5 nitrogen and oxygen atoms in total. The van der Waals surface area contributed by atoms with Crippen LogP contribution >= 0.6 is 11.3 Å². The van der Waals surface area contributed by atoms with Crippen molar-refractivity contribution in [3.63, 3.8) is 0 Å². The van der Waals surface area contributed by atoms with Gasteiger partial charge in [0.25, 0.3) is 0 Å². The number of thiophene rings is 1. The molecule has 2 aromatic carbocycles. The highest BCUT2D eigenvalue weighted by Gasteiger charge is 2.32. The number of benzene rings is 2. The molecule has 0 fully saturated rings. The molecule has 0 saturated heterocycles. The molecule has 0 bridgehead atoms. The molecule has 0 saturated carbocycles. The smallest absolute Gasteiger partial charge is 0.238 e. The fourth-order valence-electron chi connectivity index (χ4n) is 3.88. The highest BCUT2D eigenvalue weighted by molar-refractivity contribution is 7.10. The van der Waals surface area contributed by atoms with Gasteiger partial charge in [-0.2, -0.15) is 0 Å². The molecule has 4 rings (SSSR count). The van der Waals surface area contributed by atoms with Gasteiger partial charge in [-0.15, -0.1) is 11.3 Å². The first-order valence-electron chi connectivity index (χ1n) is 9.67. The summed E-state index contributed by atoms with van der Waals surface area (Å²) < 4.78 is 24.9. The Morgan fingerprint density at radius 3 is 2.63 bits per heavy atom. The highest BCUT2D eigenvalue weighted by Crippen LogP contribution is 2.42. The van der Waals surface area contributed by atoms with Crippen LogP contribution < -0.4 is 14.8 Å². The average Bonchev–Trinajstić information content (AvgIpc) is 3.28. The van der Waals surface area contributed by atoms with Gasteiger partial charge in [-0.25, -0.2) is 4.39 Å². The first kappa shape index (κ1) is 20.4. The second kappa shape index (κ2) is 8.85. The number of amides is 1. The van der Waals surface area contributed by atoms with Gasteiger partial charge in [-0.05, 0) is 53.3 Å². The van der Waals surface area contributed by atoms with Crippen molar-refractivity contribution in [1.29, 1.82) is 0 Å². The molecule has 0 aliphatic carbocycles. The second-order valence-corrected chi connectivity index (χ2v) is 8.05. The lowest BCUT2D eigenvalue weighted by molar-refractivity contribution is -0.117. The Bertz CT molecular complexity index is 1040. The van der Waals surface area contributed by atoms with Crippen LogP contribution in [0.4, 0.5) is 10.1 Å². The van der Waals surface area contributed by atoms with Crippen molar-refractivity contribution in [2.24, 2.45) is 0 Å². The summed E-state index contributed by atoms with van der Waals surface area (Å²) in [6.07, 6.45) is 0.782. The number of ether oxygens (including phenoxy) is 2. The summed E-state index contributed by atoms with van der Waals surface area (Å²) in [6, 6.07) is 14.2. The molecule has 0 spiro atoms. The Morgan fingerprint density at radius 2 is 1.93 bits per heavy atom. The molecule has 156 valence electrons. The maximum atomic E-state index is 13.9. The van der Waals surface area contributed by atoms with Gasteiger partial charge in [0.05, 0.1) is 32.5 Å². The van der Waals surface area contributed by atoms with Crippen LogP contribution in [0.2, 0.25) is 0 Å². The molecule has 1 N–H and O–H groups in total. The average molecular weight is 427 g/mol. The molecule has 1 aliphatic heterocycles. The van der Waals surface area contributed by atoms with Crippen LogP contribution in [0.3, 0.4) is 0 Å². The quantitative estimate of drug-likeness (QED) is 0.631. The van der Waals surface area contributed by atoms with Crippen LogP contribution in [-0.2, 0) is 11.2 Å². The third kappa shape index (κ3) is 4.04. The van der Waals surface area contributed by atoms with Gasteiger partial charge >= 0.3 is 0 Å². The lowest BCUT2D eigenvalue weighted by atomic mass is 9.91. The zero-order valence-corrected chi connectivity index (χ0v) is 17.7. The normalized spacial score (nSPS) is 16.0. The maximum absolute atomic E-state index is 13.9. The Balaban J connectivity index is 1.64. The van der Waals surface area contributed by atoms with E-state index in [2.05, 4.69) is 16.3 Å². The topological polar surface area (TPSA) is 50.8 Å². The third-order valence-corrected chi connectivity index (χ3v) is 6.21. The summed E-state index contributed by atoms with van der Waals surface area (Å²) >= 11 is 1.65. The van der Waals surface area contributed by atoms with Gasteiger partial charge in [0.15, 0.2) is 11.5 Å². The van der Waals surface area contributed by atoms with Crippen LogP contribution in [0, 0.1) is 5.82 Å². The monoisotopic (exact) mass is 426 g/mol. The number of halogens is 1. The molecule has 0 unspecified atom stereocenters. The minimum atomic E-state index is -0.443. The van der Waals surface area contributed by atoms with E-state index in [1.807, 2.05) is 23.6 Å². The van der Waals surface area contributed by atoms with Gasteiger partial charge in [0.1, 0.15) is 5.82 Å². The van der Waals surface area contributed by atoms with E-state index in [4.69, 9.17) is 9.47 Å². The molecule has 30 heavy (non-hydrogen) atoms. The first-order chi connectivity index (χ1) is 14.6. The zero-order chi connectivity index (χ0) is 21.1. The summed E-state index contributed by atoms with van der Waals surface area (Å²) in [4.78, 5) is 16.0. The number of anilines is 1. The van der Waals surface area contributed by atoms with E-state index in [-0.39, 0.29) is 24.2 Å². The van der Waals surface area contributed by atoms with Crippen LogP contribution in [0.25, 0.3) is 0 Å². The number of carbonyl (C=O) groups excluding carboxylic acids is 1. The number of hydrogen-bond donors (Lipinski definition) is 1. The number of nitrogens with one attached hydrogen (secondary N) is 1. The Morgan fingerprint density at radius 1 is 1.17 bits per heavy atom.